The monoisotopic (exact) mass is 429 g/mol. The van der Waals surface area contributed by atoms with Gasteiger partial charge in [0.1, 0.15) is 23.0 Å². The third-order valence-electron chi connectivity index (χ3n) is 5.58. The number of anilines is 2. The first kappa shape index (κ1) is 20.1. The Morgan fingerprint density at radius 2 is 1.22 bits per heavy atom. The lowest BCUT2D eigenvalue weighted by atomic mass is 10.0. The van der Waals surface area contributed by atoms with Crippen molar-refractivity contribution in [2.45, 2.75) is 0 Å². The number of piperazine rings is 1. The molecule has 0 unspecified atom stereocenters. The van der Waals surface area contributed by atoms with E-state index in [1.54, 1.807) is 0 Å². The highest BCUT2D eigenvalue weighted by atomic mass is 19.1. The Bertz CT molecular complexity index is 1210. The summed E-state index contributed by atoms with van der Waals surface area (Å²) in [5.41, 5.74) is 3.83. The Hall–Kier alpha value is -3.87. The highest BCUT2D eigenvalue weighted by Gasteiger charge is 2.23. The van der Waals surface area contributed by atoms with Crippen molar-refractivity contribution in [3.05, 3.63) is 90.5 Å². The van der Waals surface area contributed by atoms with Crippen LogP contribution in [-0.4, -0.2) is 41.4 Å². The fourth-order valence-electron chi connectivity index (χ4n) is 3.92. The molecular weight excluding hydrogens is 408 g/mol. The lowest BCUT2D eigenvalue weighted by Crippen LogP contribution is -2.47. The average molecular weight is 429 g/mol. The summed E-state index contributed by atoms with van der Waals surface area (Å²) in [5.74, 6) is -0.575. The molecule has 2 heterocycles. The molecule has 0 bridgehead atoms. The molecule has 32 heavy (non-hydrogen) atoms. The molecule has 5 nitrogen and oxygen atoms in total. The van der Waals surface area contributed by atoms with Crippen molar-refractivity contribution in [3.63, 3.8) is 0 Å². The maximum absolute atomic E-state index is 14.2. The quantitative estimate of drug-likeness (QED) is 0.466. The van der Waals surface area contributed by atoms with Gasteiger partial charge in [0.2, 0.25) is 5.95 Å². The number of halogens is 2. The van der Waals surface area contributed by atoms with Crippen molar-refractivity contribution in [1.82, 2.24) is 15.2 Å². The minimum Gasteiger partial charge on any atom is -0.366 e. The van der Waals surface area contributed by atoms with Crippen LogP contribution in [0.3, 0.4) is 0 Å². The molecule has 3 aromatic carbocycles. The molecule has 0 radical (unpaired) electrons. The topological polar surface area (TPSA) is 45.2 Å². The zero-order chi connectivity index (χ0) is 21.9. The number of hydrogen-bond donors (Lipinski definition) is 0. The summed E-state index contributed by atoms with van der Waals surface area (Å²) in [7, 11) is 0. The first-order chi connectivity index (χ1) is 15.7. The fraction of sp³-hybridized carbons (Fsp3) is 0.160. The normalized spacial score (nSPS) is 13.9. The van der Waals surface area contributed by atoms with Crippen molar-refractivity contribution in [2.75, 3.05) is 36.0 Å². The summed E-state index contributed by atoms with van der Waals surface area (Å²) in [6, 6.07) is 23.5. The van der Waals surface area contributed by atoms with Crippen molar-refractivity contribution in [2.24, 2.45) is 0 Å². The van der Waals surface area contributed by atoms with Gasteiger partial charge < -0.3 is 9.80 Å². The predicted octanol–water partition coefficient (Wildman–Crippen LogP) is 4.81. The Morgan fingerprint density at radius 1 is 0.625 bits per heavy atom. The molecule has 7 heteroatoms. The van der Waals surface area contributed by atoms with Gasteiger partial charge in [-0.2, -0.15) is 0 Å². The van der Waals surface area contributed by atoms with E-state index >= 15 is 0 Å². The third kappa shape index (κ3) is 4.01. The standard InChI is InChI=1S/C25H21F2N5/c26-20-11-12-22(21(27)17-20)31-13-15-32(16-14-31)25-28-23(18-7-3-1-4-8-18)24(29-30-25)19-9-5-2-6-10-19/h1-12,17H,13-16H2. The highest BCUT2D eigenvalue weighted by Crippen LogP contribution is 2.30. The highest BCUT2D eigenvalue weighted by molar-refractivity contribution is 5.78. The Labute approximate surface area is 185 Å². The van der Waals surface area contributed by atoms with Crippen LogP contribution in [0, 0.1) is 11.6 Å². The Morgan fingerprint density at radius 3 is 1.84 bits per heavy atom. The van der Waals surface area contributed by atoms with Gasteiger partial charge in [-0.05, 0) is 12.1 Å². The third-order valence-corrected chi connectivity index (χ3v) is 5.58. The van der Waals surface area contributed by atoms with Crippen molar-refractivity contribution in [1.29, 1.82) is 0 Å². The van der Waals surface area contributed by atoms with Crippen LogP contribution in [0.4, 0.5) is 20.4 Å². The molecule has 1 aromatic heterocycles. The van der Waals surface area contributed by atoms with Crippen LogP contribution in [0.25, 0.3) is 22.5 Å². The maximum atomic E-state index is 14.2. The molecule has 1 aliphatic rings. The van der Waals surface area contributed by atoms with Gasteiger partial charge in [0.05, 0.1) is 5.69 Å². The second-order valence-corrected chi connectivity index (χ2v) is 7.61. The summed E-state index contributed by atoms with van der Waals surface area (Å²) < 4.78 is 27.4. The maximum Gasteiger partial charge on any atom is 0.246 e. The molecule has 0 aliphatic carbocycles. The first-order valence-electron chi connectivity index (χ1n) is 10.5. The SMILES string of the molecule is Fc1ccc(N2CCN(c3nnc(-c4ccccc4)c(-c4ccccc4)n3)CC2)c(F)c1. The van der Waals surface area contributed by atoms with Gasteiger partial charge >= 0.3 is 0 Å². The number of benzene rings is 3. The zero-order valence-electron chi connectivity index (χ0n) is 17.3. The van der Waals surface area contributed by atoms with Crippen LogP contribution < -0.4 is 9.80 Å². The van der Waals surface area contributed by atoms with Crippen LogP contribution in [0.2, 0.25) is 0 Å². The number of nitrogens with zero attached hydrogens (tertiary/aromatic N) is 5. The van der Waals surface area contributed by atoms with E-state index in [9.17, 15) is 8.78 Å². The van der Waals surface area contributed by atoms with E-state index in [0.29, 0.717) is 37.8 Å². The van der Waals surface area contributed by atoms with E-state index in [0.717, 1.165) is 28.6 Å². The summed E-state index contributed by atoms with van der Waals surface area (Å²) in [4.78, 5) is 8.84. The van der Waals surface area contributed by atoms with E-state index in [4.69, 9.17) is 4.98 Å². The molecule has 0 N–H and O–H groups in total. The van der Waals surface area contributed by atoms with E-state index in [-0.39, 0.29) is 0 Å². The van der Waals surface area contributed by atoms with Crippen molar-refractivity contribution < 1.29 is 8.78 Å². The molecule has 4 aromatic rings. The molecule has 1 aliphatic heterocycles. The van der Waals surface area contributed by atoms with Crippen LogP contribution in [0.5, 0.6) is 0 Å². The molecule has 1 fully saturated rings. The molecule has 5 rings (SSSR count). The van der Waals surface area contributed by atoms with Gasteiger partial charge in [0.15, 0.2) is 0 Å². The average Bonchev–Trinajstić information content (AvgIpc) is 2.85. The number of rotatable bonds is 4. The van der Waals surface area contributed by atoms with E-state index in [1.165, 1.54) is 12.1 Å². The minimum absolute atomic E-state index is 0.412. The van der Waals surface area contributed by atoms with E-state index in [2.05, 4.69) is 10.2 Å². The van der Waals surface area contributed by atoms with Gasteiger partial charge in [-0.15, -0.1) is 10.2 Å². The summed E-state index contributed by atoms with van der Waals surface area (Å²) >= 11 is 0. The van der Waals surface area contributed by atoms with Crippen LogP contribution in [0.1, 0.15) is 0 Å². The van der Waals surface area contributed by atoms with E-state index < -0.39 is 11.6 Å². The smallest absolute Gasteiger partial charge is 0.246 e. The minimum atomic E-state index is -0.573. The second-order valence-electron chi connectivity index (χ2n) is 7.61. The van der Waals surface area contributed by atoms with E-state index in [1.807, 2.05) is 70.5 Å². The van der Waals surface area contributed by atoms with Gasteiger partial charge in [0.25, 0.3) is 0 Å². The number of aromatic nitrogens is 3. The van der Waals surface area contributed by atoms with Crippen molar-refractivity contribution in [3.8, 4) is 22.5 Å². The molecule has 0 spiro atoms. The van der Waals surface area contributed by atoms with Crippen LogP contribution in [0.15, 0.2) is 78.9 Å². The van der Waals surface area contributed by atoms with Crippen LogP contribution >= 0.6 is 0 Å². The summed E-state index contributed by atoms with van der Waals surface area (Å²) in [6.45, 7) is 2.37. The summed E-state index contributed by atoms with van der Waals surface area (Å²) in [5, 5.41) is 8.95. The Kier molecular flexibility index (Phi) is 5.46. The van der Waals surface area contributed by atoms with Crippen molar-refractivity contribution >= 4 is 11.6 Å². The fourth-order valence-corrected chi connectivity index (χ4v) is 3.92. The summed E-state index contributed by atoms with van der Waals surface area (Å²) in [6.07, 6.45) is 0. The molecule has 160 valence electrons. The molecule has 0 atom stereocenters. The lowest BCUT2D eigenvalue weighted by Gasteiger charge is -2.36. The first-order valence-corrected chi connectivity index (χ1v) is 10.5. The second kappa shape index (κ2) is 8.70. The van der Waals surface area contributed by atoms with Crippen LogP contribution in [-0.2, 0) is 0 Å². The zero-order valence-corrected chi connectivity index (χ0v) is 17.3. The predicted molar refractivity (Wildman–Crippen MR) is 121 cm³/mol. The van der Waals surface area contributed by atoms with Gasteiger partial charge in [0, 0.05) is 43.4 Å². The van der Waals surface area contributed by atoms with Gasteiger partial charge in [-0.3, -0.25) is 0 Å². The lowest BCUT2D eigenvalue weighted by molar-refractivity contribution is 0.568. The Balaban J connectivity index is 1.42. The molecule has 1 saturated heterocycles. The van der Waals surface area contributed by atoms with Gasteiger partial charge in [-0.1, -0.05) is 60.7 Å². The molecule has 0 amide bonds. The largest absolute Gasteiger partial charge is 0.366 e. The molecular formula is C25H21F2N5. The molecule has 0 saturated carbocycles. The number of hydrogen-bond acceptors (Lipinski definition) is 5. The van der Waals surface area contributed by atoms with Gasteiger partial charge in [-0.25, -0.2) is 13.8 Å².